The number of aromatic nitrogens is 2. The number of rotatable bonds is 5. The van der Waals surface area contributed by atoms with Gasteiger partial charge in [0.2, 0.25) is 5.88 Å². The van der Waals surface area contributed by atoms with Crippen molar-refractivity contribution >= 4 is 17.4 Å². The first kappa shape index (κ1) is 14.5. The molecule has 0 saturated carbocycles. The van der Waals surface area contributed by atoms with Crippen LogP contribution in [0.5, 0.6) is 11.6 Å². The summed E-state index contributed by atoms with van der Waals surface area (Å²) in [5.41, 5.74) is 5.66. The highest BCUT2D eigenvalue weighted by Gasteiger charge is 2.07. The number of ether oxygens (including phenoxy) is 2. The lowest BCUT2D eigenvalue weighted by molar-refractivity contribution is 0.128. The highest BCUT2D eigenvalue weighted by atomic mass is 35.5. The Morgan fingerprint density at radius 3 is 2.80 bits per heavy atom. The summed E-state index contributed by atoms with van der Waals surface area (Å²) in [6.07, 6.45) is 0. The first-order chi connectivity index (χ1) is 9.58. The molecule has 0 bridgehead atoms. The summed E-state index contributed by atoms with van der Waals surface area (Å²) in [5, 5.41) is 0.0246. The molecule has 0 amide bonds. The Bertz CT molecular complexity index is 610. The van der Waals surface area contributed by atoms with Gasteiger partial charge in [0.1, 0.15) is 24.0 Å². The van der Waals surface area contributed by atoms with E-state index in [2.05, 4.69) is 9.97 Å². The van der Waals surface area contributed by atoms with Crippen LogP contribution in [-0.4, -0.2) is 16.6 Å². The standard InChI is InChI=1S/C13H13ClFN3O2/c1-2-19-7-12-17-11(16)6-13(18-12)20-8-3-4-9(14)10(15)5-8/h3-6H,2,7H2,1H3,(H2,16,17,18). The smallest absolute Gasteiger partial charge is 0.224 e. The summed E-state index contributed by atoms with van der Waals surface area (Å²) in [6, 6.07) is 5.55. The summed E-state index contributed by atoms with van der Waals surface area (Å²) in [7, 11) is 0. The summed E-state index contributed by atoms with van der Waals surface area (Å²) in [6.45, 7) is 2.63. The minimum atomic E-state index is -0.569. The molecule has 0 aliphatic carbocycles. The van der Waals surface area contributed by atoms with Crippen molar-refractivity contribution < 1.29 is 13.9 Å². The molecule has 0 atom stereocenters. The molecule has 0 spiro atoms. The van der Waals surface area contributed by atoms with E-state index < -0.39 is 5.82 Å². The Morgan fingerprint density at radius 2 is 2.10 bits per heavy atom. The van der Waals surface area contributed by atoms with E-state index in [1.54, 1.807) is 0 Å². The van der Waals surface area contributed by atoms with Crippen LogP contribution in [0.3, 0.4) is 0 Å². The van der Waals surface area contributed by atoms with Gasteiger partial charge in [-0.05, 0) is 19.1 Å². The van der Waals surface area contributed by atoms with E-state index in [-0.39, 0.29) is 29.1 Å². The van der Waals surface area contributed by atoms with Gasteiger partial charge in [-0.1, -0.05) is 11.6 Å². The Labute approximate surface area is 120 Å². The Morgan fingerprint density at radius 1 is 1.30 bits per heavy atom. The molecule has 0 unspecified atom stereocenters. The van der Waals surface area contributed by atoms with Crippen molar-refractivity contribution in [3.8, 4) is 11.6 Å². The lowest BCUT2D eigenvalue weighted by Crippen LogP contribution is -2.03. The van der Waals surface area contributed by atoms with Crippen LogP contribution in [0.1, 0.15) is 12.7 Å². The molecule has 0 saturated heterocycles. The van der Waals surface area contributed by atoms with Crippen molar-refractivity contribution in [2.24, 2.45) is 0 Å². The van der Waals surface area contributed by atoms with Gasteiger partial charge in [-0.25, -0.2) is 9.37 Å². The van der Waals surface area contributed by atoms with Gasteiger partial charge in [0.15, 0.2) is 5.82 Å². The van der Waals surface area contributed by atoms with Crippen LogP contribution >= 0.6 is 11.6 Å². The van der Waals surface area contributed by atoms with Gasteiger partial charge in [-0.3, -0.25) is 0 Å². The van der Waals surface area contributed by atoms with E-state index in [0.717, 1.165) is 0 Å². The molecule has 2 aromatic rings. The molecule has 20 heavy (non-hydrogen) atoms. The SMILES string of the molecule is CCOCc1nc(N)cc(Oc2ccc(Cl)c(F)c2)n1. The summed E-state index contributed by atoms with van der Waals surface area (Å²) >= 11 is 5.60. The quantitative estimate of drug-likeness (QED) is 0.918. The maximum absolute atomic E-state index is 13.3. The van der Waals surface area contributed by atoms with Crippen LogP contribution in [-0.2, 0) is 11.3 Å². The first-order valence-corrected chi connectivity index (χ1v) is 6.30. The second-order valence-corrected chi connectivity index (χ2v) is 4.27. The normalized spacial score (nSPS) is 10.6. The van der Waals surface area contributed by atoms with Gasteiger partial charge in [-0.15, -0.1) is 0 Å². The van der Waals surface area contributed by atoms with Crippen molar-refractivity contribution in [3.05, 3.63) is 40.9 Å². The maximum atomic E-state index is 13.3. The van der Waals surface area contributed by atoms with Gasteiger partial charge >= 0.3 is 0 Å². The van der Waals surface area contributed by atoms with Gasteiger partial charge < -0.3 is 15.2 Å². The number of hydrogen-bond acceptors (Lipinski definition) is 5. The van der Waals surface area contributed by atoms with Crippen LogP contribution in [0.15, 0.2) is 24.3 Å². The second-order valence-electron chi connectivity index (χ2n) is 3.86. The molecule has 7 heteroatoms. The number of nitrogens with two attached hydrogens (primary N) is 1. The molecule has 1 heterocycles. The zero-order valence-corrected chi connectivity index (χ0v) is 11.5. The minimum absolute atomic E-state index is 0.0246. The largest absolute Gasteiger partial charge is 0.439 e. The van der Waals surface area contributed by atoms with Gasteiger partial charge in [0, 0.05) is 18.7 Å². The highest BCUT2D eigenvalue weighted by molar-refractivity contribution is 6.30. The predicted octanol–water partition coefficient (Wildman–Crippen LogP) is 3.18. The van der Waals surface area contributed by atoms with Crippen LogP contribution in [0.4, 0.5) is 10.2 Å². The molecular weight excluding hydrogens is 285 g/mol. The molecule has 0 aliphatic rings. The predicted molar refractivity (Wildman–Crippen MR) is 73.3 cm³/mol. The zero-order chi connectivity index (χ0) is 14.5. The van der Waals surface area contributed by atoms with Gasteiger partial charge in [0.25, 0.3) is 0 Å². The number of hydrogen-bond donors (Lipinski definition) is 1. The molecular formula is C13H13ClFN3O2. The number of anilines is 1. The number of benzene rings is 1. The maximum Gasteiger partial charge on any atom is 0.224 e. The third kappa shape index (κ3) is 3.79. The van der Waals surface area contributed by atoms with Gasteiger partial charge in [-0.2, -0.15) is 4.98 Å². The summed E-state index contributed by atoms with van der Waals surface area (Å²) < 4.78 is 23.9. The van der Waals surface area contributed by atoms with Crippen molar-refractivity contribution in [2.45, 2.75) is 13.5 Å². The molecule has 1 aromatic heterocycles. The Kier molecular flexibility index (Phi) is 4.70. The molecule has 106 valence electrons. The first-order valence-electron chi connectivity index (χ1n) is 5.92. The van der Waals surface area contributed by atoms with E-state index in [1.165, 1.54) is 24.3 Å². The lowest BCUT2D eigenvalue weighted by atomic mass is 10.3. The van der Waals surface area contributed by atoms with Crippen molar-refractivity contribution in [2.75, 3.05) is 12.3 Å². The fourth-order valence-corrected chi connectivity index (χ4v) is 1.58. The average Bonchev–Trinajstić information content (AvgIpc) is 2.40. The zero-order valence-electron chi connectivity index (χ0n) is 10.8. The van der Waals surface area contributed by atoms with Crippen molar-refractivity contribution in [1.29, 1.82) is 0 Å². The van der Waals surface area contributed by atoms with E-state index in [4.69, 9.17) is 26.8 Å². The number of nitrogen functional groups attached to an aromatic ring is 1. The fourth-order valence-electron chi connectivity index (χ4n) is 1.46. The number of halogens is 2. The van der Waals surface area contributed by atoms with Crippen LogP contribution in [0.2, 0.25) is 5.02 Å². The summed E-state index contributed by atoms with van der Waals surface area (Å²) in [5.74, 6) is 0.567. The molecule has 2 rings (SSSR count). The van der Waals surface area contributed by atoms with E-state index in [0.29, 0.717) is 12.4 Å². The molecule has 2 N–H and O–H groups in total. The van der Waals surface area contributed by atoms with Crippen molar-refractivity contribution in [1.82, 2.24) is 9.97 Å². The van der Waals surface area contributed by atoms with Crippen LogP contribution in [0.25, 0.3) is 0 Å². The summed E-state index contributed by atoms with van der Waals surface area (Å²) in [4.78, 5) is 8.14. The Hall–Kier alpha value is -1.92. The minimum Gasteiger partial charge on any atom is -0.439 e. The third-order valence-electron chi connectivity index (χ3n) is 2.32. The highest BCUT2D eigenvalue weighted by Crippen LogP contribution is 2.25. The van der Waals surface area contributed by atoms with E-state index in [1.807, 2.05) is 6.92 Å². The molecule has 0 radical (unpaired) electrons. The van der Waals surface area contributed by atoms with E-state index in [9.17, 15) is 4.39 Å². The van der Waals surface area contributed by atoms with E-state index >= 15 is 0 Å². The topological polar surface area (TPSA) is 70.3 Å². The average molecular weight is 298 g/mol. The molecule has 0 fully saturated rings. The lowest BCUT2D eigenvalue weighted by Gasteiger charge is -2.08. The second kappa shape index (κ2) is 6.49. The number of nitrogens with zero attached hydrogens (tertiary/aromatic N) is 2. The monoisotopic (exact) mass is 297 g/mol. The molecule has 0 aliphatic heterocycles. The Balaban J connectivity index is 2.19. The third-order valence-corrected chi connectivity index (χ3v) is 2.62. The van der Waals surface area contributed by atoms with Crippen molar-refractivity contribution in [3.63, 3.8) is 0 Å². The molecule has 1 aromatic carbocycles. The molecule has 5 nitrogen and oxygen atoms in total. The fraction of sp³-hybridized carbons (Fsp3) is 0.231. The van der Waals surface area contributed by atoms with Gasteiger partial charge in [0.05, 0.1) is 5.02 Å². The van der Waals surface area contributed by atoms with Crippen LogP contribution in [0, 0.1) is 5.82 Å². The van der Waals surface area contributed by atoms with Crippen LogP contribution < -0.4 is 10.5 Å².